The van der Waals surface area contributed by atoms with Gasteiger partial charge in [-0.1, -0.05) is 35.9 Å². The molecule has 2 heterocycles. The number of hydrogen-bond acceptors (Lipinski definition) is 3. The number of para-hydroxylation sites is 1. The second-order valence-electron chi connectivity index (χ2n) is 6.43. The Labute approximate surface area is 146 Å². The van der Waals surface area contributed by atoms with E-state index in [-0.39, 0.29) is 12.0 Å². The first-order valence-corrected chi connectivity index (χ1v) is 8.59. The average Bonchev–Trinajstić information content (AvgIpc) is 3.16. The Bertz CT molecular complexity index is 925. The van der Waals surface area contributed by atoms with Crippen LogP contribution in [0.1, 0.15) is 40.4 Å². The number of ether oxygens (including phenoxy) is 1. The molecular weight excluding hydrogens is 312 g/mol. The summed E-state index contributed by atoms with van der Waals surface area (Å²) in [5, 5.41) is 4.04. The summed E-state index contributed by atoms with van der Waals surface area (Å²) in [5.74, 6) is -0.118. The Morgan fingerprint density at radius 2 is 2.08 bits per heavy atom. The summed E-state index contributed by atoms with van der Waals surface area (Å²) < 4.78 is 5.80. The third kappa shape index (κ3) is 3.13. The van der Waals surface area contributed by atoms with Crippen molar-refractivity contribution >= 4 is 22.5 Å². The van der Waals surface area contributed by atoms with Crippen molar-refractivity contribution in [3.63, 3.8) is 0 Å². The van der Waals surface area contributed by atoms with Crippen LogP contribution in [0.2, 0.25) is 0 Å². The van der Waals surface area contributed by atoms with Gasteiger partial charge in [-0.25, -0.2) is 0 Å². The lowest BCUT2D eigenvalue weighted by molar-refractivity contribution is 0.0987. The highest BCUT2D eigenvalue weighted by atomic mass is 16.5. The summed E-state index contributed by atoms with van der Waals surface area (Å²) in [4.78, 5) is 17.4. The van der Waals surface area contributed by atoms with Gasteiger partial charge >= 0.3 is 0 Å². The van der Waals surface area contributed by atoms with Gasteiger partial charge in [0.05, 0.1) is 17.3 Å². The Balaban J connectivity index is 1.70. The summed E-state index contributed by atoms with van der Waals surface area (Å²) in [6, 6.07) is 15.7. The summed E-state index contributed by atoms with van der Waals surface area (Å²) in [6.45, 7) is 2.75. The lowest BCUT2D eigenvalue weighted by Gasteiger charge is -2.16. The van der Waals surface area contributed by atoms with Gasteiger partial charge in [0.2, 0.25) is 0 Å². The number of pyridine rings is 1. The third-order valence-corrected chi connectivity index (χ3v) is 4.61. The molecule has 0 spiro atoms. The second kappa shape index (κ2) is 6.65. The number of nitrogens with one attached hydrogen (secondary N) is 1. The summed E-state index contributed by atoms with van der Waals surface area (Å²) in [5.41, 5.74) is 4.23. The molecule has 1 fully saturated rings. The normalized spacial score (nSPS) is 16.9. The maximum absolute atomic E-state index is 13.0. The zero-order chi connectivity index (χ0) is 17.2. The fourth-order valence-corrected chi connectivity index (χ4v) is 3.37. The molecule has 1 aliphatic rings. The summed E-state index contributed by atoms with van der Waals surface area (Å²) >= 11 is 0. The molecule has 4 nitrogen and oxygen atoms in total. The van der Waals surface area contributed by atoms with Gasteiger partial charge in [-0.05, 0) is 43.5 Å². The van der Waals surface area contributed by atoms with E-state index in [1.807, 2.05) is 55.5 Å². The number of fused-ring (bicyclic) bond motifs is 1. The van der Waals surface area contributed by atoms with Crippen LogP contribution in [0.15, 0.2) is 54.7 Å². The van der Waals surface area contributed by atoms with E-state index in [4.69, 9.17) is 4.74 Å². The van der Waals surface area contributed by atoms with Crippen LogP contribution < -0.4 is 5.32 Å². The number of aromatic nitrogens is 1. The third-order valence-electron chi connectivity index (χ3n) is 4.61. The molecule has 1 aliphatic heterocycles. The molecule has 3 aromatic rings. The average molecular weight is 332 g/mol. The van der Waals surface area contributed by atoms with Gasteiger partial charge in [-0.2, -0.15) is 0 Å². The summed E-state index contributed by atoms with van der Waals surface area (Å²) in [6.07, 6.45) is 3.74. The van der Waals surface area contributed by atoms with Crippen LogP contribution in [0.3, 0.4) is 0 Å². The molecule has 2 aromatic carbocycles. The number of nitrogens with zero attached hydrogens (tertiary/aromatic N) is 1. The van der Waals surface area contributed by atoms with E-state index in [0.717, 1.165) is 47.2 Å². The highest BCUT2D eigenvalue weighted by molar-refractivity contribution is 6.09. The fourth-order valence-electron chi connectivity index (χ4n) is 3.37. The minimum atomic E-state index is -0.118. The van der Waals surface area contributed by atoms with Crippen LogP contribution in [0, 0.1) is 6.92 Å². The van der Waals surface area contributed by atoms with Crippen molar-refractivity contribution in [2.24, 2.45) is 0 Å². The maximum atomic E-state index is 13.0. The van der Waals surface area contributed by atoms with E-state index in [2.05, 4.69) is 10.3 Å². The van der Waals surface area contributed by atoms with Crippen molar-refractivity contribution in [3.8, 4) is 0 Å². The SMILES string of the molecule is Cc1ccc(C2CCCO2)c(C(=O)Nc2cccc3cccnc23)c1. The molecule has 1 saturated heterocycles. The molecule has 25 heavy (non-hydrogen) atoms. The van der Waals surface area contributed by atoms with Gasteiger partial charge in [-0.15, -0.1) is 0 Å². The Morgan fingerprint density at radius 1 is 1.20 bits per heavy atom. The van der Waals surface area contributed by atoms with Crippen LogP contribution in [-0.2, 0) is 4.74 Å². The van der Waals surface area contributed by atoms with Crippen LogP contribution in [0.25, 0.3) is 10.9 Å². The molecule has 0 radical (unpaired) electrons. The molecule has 0 aliphatic carbocycles. The first-order valence-electron chi connectivity index (χ1n) is 8.59. The van der Waals surface area contributed by atoms with Crippen LogP contribution in [-0.4, -0.2) is 17.5 Å². The number of carbonyl (C=O) groups is 1. The van der Waals surface area contributed by atoms with E-state index in [0.29, 0.717) is 5.56 Å². The van der Waals surface area contributed by atoms with Crippen LogP contribution in [0.5, 0.6) is 0 Å². The molecule has 126 valence electrons. The molecule has 1 unspecified atom stereocenters. The van der Waals surface area contributed by atoms with E-state index in [1.165, 1.54) is 0 Å². The van der Waals surface area contributed by atoms with Crippen molar-refractivity contribution in [3.05, 3.63) is 71.4 Å². The number of aryl methyl sites for hydroxylation is 1. The largest absolute Gasteiger partial charge is 0.374 e. The predicted molar refractivity (Wildman–Crippen MR) is 98.8 cm³/mol. The molecule has 4 rings (SSSR count). The standard InChI is InChI=1S/C21H20N2O2/c1-14-9-10-16(19-8-4-12-25-19)17(13-14)21(24)23-18-7-2-5-15-6-3-11-22-20(15)18/h2-3,5-7,9-11,13,19H,4,8,12H2,1H3,(H,23,24). The lowest BCUT2D eigenvalue weighted by Crippen LogP contribution is -2.16. The van der Waals surface area contributed by atoms with E-state index in [1.54, 1.807) is 6.20 Å². The highest BCUT2D eigenvalue weighted by Crippen LogP contribution is 2.32. The second-order valence-corrected chi connectivity index (χ2v) is 6.43. The molecule has 0 saturated carbocycles. The van der Waals surface area contributed by atoms with Gasteiger partial charge in [-0.3, -0.25) is 9.78 Å². The fraction of sp³-hybridized carbons (Fsp3) is 0.238. The number of rotatable bonds is 3. The number of benzene rings is 2. The maximum Gasteiger partial charge on any atom is 0.256 e. The van der Waals surface area contributed by atoms with Crippen molar-refractivity contribution in [1.82, 2.24) is 4.98 Å². The first kappa shape index (κ1) is 15.8. The topological polar surface area (TPSA) is 51.2 Å². The number of anilines is 1. The molecular formula is C21H20N2O2. The number of amides is 1. The Kier molecular flexibility index (Phi) is 4.20. The van der Waals surface area contributed by atoms with Gasteiger partial charge in [0, 0.05) is 23.8 Å². The number of hydrogen-bond donors (Lipinski definition) is 1. The molecule has 1 aromatic heterocycles. The highest BCUT2D eigenvalue weighted by Gasteiger charge is 2.23. The minimum Gasteiger partial charge on any atom is -0.374 e. The molecule has 0 bridgehead atoms. The quantitative estimate of drug-likeness (QED) is 0.760. The minimum absolute atomic E-state index is 0.00647. The molecule has 1 atom stereocenters. The van der Waals surface area contributed by atoms with Crippen molar-refractivity contribution in [1.29, 1.82) is 0 Å². The molecule has 4 heteroatoms. The monoisotopic (exact) mass is 332 g/mol. The van der Waals surface area contributed by atoms with E-state index in [9.17, 15) is 4.79 Å². The zero-order valence-corrected chi connectivity index (χ0v) is 14.2. The Hall–Kier alpha value is -2.72. The smallest absolute Gasteiger partial charge is 0.256 e. The van der Waals surface area contributed by atoms with Crippen molar-refractivity contribution in [2.45, 2.75) is 25.9 Å². The lowest BCUT2D eigenvalue weighted by atomic mass is 9.97. The van der Waals surface area contributed by atoms with Gasteiger partial charge in [0.25, 0.3) is 5.91 Å². The van der Waals surface area contributed by atoms with Crippen LogP contribution >= 0.6 is 0 Å². The van der Waals surface area contributed by atoms with Gasteiger partial charge in [0.1, 0.15) is 0 Å². The molecule has 1 amide bonds. The molecule has 1 N–H and O–H groups in total. The zero-order valence-electron chi connectivity index (χ0n) is 14.2. The van der Waals surface area contributed by atoms with Gasteiger partial charge in [0.15, 0.2) is 0 Å². The summed E-state index contributed by atoms with van der Waals surface area (Å²) in [7, 11) is 0. The first-order chi connectivity index (χ1) is 12.2. The predicted octanol–water partition coefficient (Wildman–Crippen LogP) is 4.65. The van der Waals surface area contributed by atoms with Gasteiger partial charge < -0.3 is 10.1 Å². The van der Waals surface area contributed by atoms with E-state index < -0.39 is 0 Å². The van der Waals surface area contributed by atoms with Crippen LogP contribution in [0.4, 0.5) is 5.69 Å². The van der Waals surface area contributed by atoms with E-state index >= 15 is 0 Å². The number of carbonyl (C=O) groups excluding carboxylic acids is 1. The van der Waals surface area contributed by atoms with Crippen molar-refractivity contribution < 1.29 is 9.53 Å². The van der Waals surface area contributed by atoms with Crippen molar-refractivity contribution in [2.75, 3.05) is 11.9 Å². The Morgan fingerprint density at radius 3 is 2.92 bits per heavy atom.